The average Bonchev–Trinajstić information content (AvgIpc) is 2.87. The topological polar surface area (TPSA) is 69.1 Å². The highest BCUT2D eigenvalue weighted by atomic mass is 19.4. The monoisotopic (exact) mass is 493 g/mol. The van der Waals surface area contributed by atoms with E-state index in [1.54, 1.807) is 41.7 Å². The Bertz CT molecular complexity index is 1300. The summed E-state index contributed by atoms with van der Waals surface area (Å²) in [5.74, 6) is -0.0705. The van der Waals surface area contributed by atoms with Crippen molar-refractivity contribution in [3.05, 3.63) is 107 Å². The van der Waals surface area contributed by atoms with Gasteiger partial charge in [0, 0.05) is 35.9 Å². The number of hydrogen-bond donors (Lipinski definition) is 2. The van der Waals surface area contributed by atoms with Crippen LogP contribution in [-0.4, -0.2) is 23.8 Å². The molecule has 0 bridgehead atoms. The third-order valence-corrected chi connectivity index (χ3v) is 5.36. The van der Waals surface area contributed by atoms with Gasteiger partial charge in [-0.3, -0.25) is 4.79 Å². The molecule has 1 aliphatic rings. The van der Waals surface area contributed by atoms with Crippen LogP contribution >= 0.6 is 0 Å². The molecule has 0 aromatic heterocycles. The molecule has 0 radical (unpaired) electrons. The van der Waals surface area contributed by atoms with Crippen molar-refractivity contribution in [1.82, 2.24) is 10.3 Å². The molecule has 9 heteroatoms. The van der Waals surface area contributed by atoms with Crippen LogP contribution in [0.15, 0.2) is 100 Å². The Morgan fingerprint density at radius 1 is 1.14 bits per heavy atom. The van der Waals surface area contributed by atoms with Gasteiger partial charge in [0.1, 0.15) is 0 Å². The average molecular weight is 494 g/mol. The van der Waals surface area contributed by atoms with Gasteiger partial charge in [-0.1, -0.05) is 24.3 Å². The maximum Gasteiger partial charge on any atom is 0.416 e. The van der Waals surface area contributed by atoms with Crippen LogP contribution in [0.1, 0.15) is 42.3 Å². The number of nitrogens with one attached hydrogen (secondary N) is 2. The van der Waals surface area contributed by atoms with E-state index in [-0.39, 0.29) is 5.56 Å². The molecule has 0 unspecified atom stereocenters. The van der Waals surface area contributed by atoms with E-state index in [9.17, 15) is 18.0 Å². The summed E-state index contributed by atoms with van der Waals surface area (Å²) in [6.45, 7) is 9.45. The molecule has 2 N–H and O–H groups in total. The largest absolute Gasteiger partial charge is 0.416 e. The molecule has 0 atom stereocenters. The van der Waals surface area contributed by atoms with Crippen LogP contribution in [0.4, 0.5) is 18.9 Å². The molecule has 36 heavy (non-hydrogen) atoms. The predicted molar refractivity (Wildman–Crippen MR) is 138 cm³/mol. The van der Waals surface area contributed by atoms with Crippen molar-refractivity contribution in [3.8, 4) is 0 Å². The zero-order valence-corrected chi connectivity index (χ0v) is 20.1. The second-order valence-electron chi connectivity index (χ2n) is 7.84. The fourth-order valence-corrected chi connectivity index (χ4v) is 3.39. The van der Waals surface area contributed by atoms with Crippen LogP contribution in [-0.2, 0) is 6.18 Å². The molecule has 6 nitrogen and oxygen atoms in total. The van der Waals surface area contributed by atoms with E-state index in [0.717, 1.165) is 23.3 Å². The van der Waals surface area contributed by atoms with Crippen molar-refractivity contribution in [1.29, 1.82) is 0 Å². The molecule has 2 aromatic rings. The third kappa shape index (κ3) is 6.18. The predicted octanol–water partition coefficient (Wildman–Crippen LogP) is 6.56. The fourth-order valence-electron chi connectivity index (χ4n) is 3.39. The lowest BCUT2D eigenvalue weighted by molar-refractivity contribution is -0.137. The lowest BCUT2D eigenvalue weighted by Crippen LogP contribution is -2.19. The number of rotatable bonds is 7. The molecule has 0 saturated heterocycles. The maximum absolute atomic E-state index is 13.0. The number of amides is 1. The van der Waals surface area contributed by atoms with Crippen LogP contribution in [0.3, 0.4) is 0 Å². The minimum absolute atomic E-state index is 0.0942. The molecule has 1 aliphatic heterocycles. The van der Waals surface area contributed by atoms with Crippen LogP contribution in [0.25, 0.3) is 5.70 Å². The molecule has 0 aliphatic carbocycles. The molecule has 3 rings (SSSR count). The van der Waals surface area contributed by atoms with Crippen LogP contribution in [0.5, 0.6) is 0 Å². The summed E-state index contributed by atoms with van der Waals surface area (Å²) < 4.78 is 39.1. The summed E-state index contributed by atoms with van der Waals surface area (Å²) in [5, 5.41) is 11.5. The van der Waals surface area contributed by atoms with Gasteiger partial charge in [-0.2, -0.15) is 18.3 Å². The lowest BCUT2D eigenvalue weighted by Gasteiger charge is -2.26. The van der Waals surface area contributed by atoms with Crippen molar-refractivity contribution in [3.63, 3.8) is 0 Å². The fraction of sp³-hybridized carbons (Fsp3) is 0.148. The first-order chi connectivity index (χ1) is 17.2. The number of nitrogens with zero attached hydrogens (tertiary/aromatic N) is 3. The van der Waals surface area contributed by atoms with Crippen molar-refractivity contribution in [2.45, 2.75) is 26.9 Å². The third-order valence-electron chi connectivity index (χ3n) is 5.36. The summed E-state index contributed by atoms with van der Waals surface area (Å²) in [5.41, 5.74) is 2.61. The molecule has 1 amide bonds. The number of benzene rings is 2. The van der Waals surface area contributed by atoms with Crippen molar-refractivity contribution in [2.24, 2.45) is 10.1 Å². The first-order valence-electron chi connectivity index (χ1n) is 11.0. The number of allylic oxidation sites excluding steroid dienone is 4. The Morgan fingerprint density at radius 2 is 1.89 bits per heavy atom. The molecule has 186 valence electrons. The van der Waals surface area contributed by atoms with E-state index in [2.05, 4.69) is 27.4 Å². The molecule has 0 fully saturated rings. The lowest BCUT2D eigenvalue weighted by atomic mass is 10.1. The standard InChI is InChI=1S/C27H26F3N5O/c1-5-13-32-17-18(2)19(3)25-33-14-12-24(35(25)31-4)20-8-7-11-23(16-20)34-26(36)21-9-6-10-22(15-21)27(28,29)30/h5-17,32H,4H2,1-3H3,(H,34,36)/b13-5-,18-17+,25-19+. The number of alkyl halides is 3. The second kappa shape index (κ2) is 11.4. The Balaban J connectivity index is 1.88. The van der Waals surface area contributed by atoms with Gasteiger partial charge in [0.25, 0.3) is 5.91 Å². The number of carbonyl (C=O) groups excluding carboxylic acids is 1. The molecule has 0 spiro atoms. The van der Waals surface area contributed by atoms with Crippen molar-refractivity contribution in [2.75, 3.05) is 5.32 Å². The zero-order chi connectivity index (χ0) is 26.3. The van der Waals surface area contributed by atoms with Gasteiger partial charge in [-0.05, 0) is 74.5 Å². The van der Waals surface area contributed by atoms with Gasteiger partial charge in [0.2, 0.25) is 0 Å². The van der Waals surface area contributed by atoms with E-state index in [0.29, 0.717) is 22.8 Å². The molecule has 1 heterocycles. The molecule has 2 aromatic carbocycles. The van der Waals surface area contributed by atoms with Gasteiger partial charge < -0.3 is 10.6 Å². The van der Waals surface area contributed by atoms with E-state index in [1.165, 1.54) is 12.1 Å². The van der Waals surface area contributed by atoms with Gasteiger partial charge in [0.15, 0.2) is 5.82 Å². The minimum atomic E-state index is -4.54. The van der Waals surface area contributed by atoms with Crippen molar-refractivity contribution >= 4 is 30.2 Å². The van der Waals surface area contributed by atoms with E-state index in [4.69, 9.17) is 0 Å². The highest BCUT2D eigenvalue weighted by Gasteiger charge is 2.31. The molecular formula is C27H26F3N5O. The second-order valence-corrected chi connectivity index (χ2v) is 7.84. The summed E-state index contributed by atoms with van der Waals surface area (Å²) in [6, 6.07) is 11.2. The van der Waals surface area contributed by atoms with Crippen LogP contribution in [0.2, 0.25) is 0 Å². The van der Waals surface area contributed by atoms with Crippen LogP contribution < -0.4 is 10.6 Å². The van der Waals surface area contributed by atoms with Gasteiger partial charge in [-0.25, -0.2) is 10.0 Å². The number of hydrazone groups is 1. The summed E-state index contributed by atoms with van der Waals surface area (Å²) >= 11 is 0. The number of hydrogen-bond acceptors (Lipinski definition) is 5. The number of halogens is 3. The van der Waals surface area contributed by atoms with E-state index < -0.39 is 17.6 Å². The zero-order valence-electron chi connectivity index (χ0n) is 20.1. The Labute approximate surface area is 207 Å². The van der Waals surface area contributed by atoms with Crippen LogP contribution in [0, 0.1) is 0 Å². The van der Waals surface area contributed by atoms with Gasteiger partial charge >= 0.3 is 6.18 Å². The van der Waals surface area contributed by atoms with Gasteiger partial charge in [0.05, 0.1) is 11.3 Å². The summed E-state index contributed by atoms with van der Waals surface area (Å²) in [6.07, 6.45) is 4.40. The quantitative estimate of drug-likeness (QED) is 0.429. The Morgan fingerprint density at radius 3 is 2.58 bits per heavy atom. The molecular weight excluding hydrogens is 467 g/mol. The van der Waals surface area contributed by atoms with Gasteiger partial charge in [-0.15, -0.1) is 0 Å². The highest BCUT2D eigenvalue weighted by molar-refractivity contribution is 6.04. The van der Waals surface area contributed by atoms with Crippen molar-refractivity contribution < 1.29 is 18.0 Å². The minimum Gasteiger partial charge on any atom is -0.368 e. The normalized spacial score (nSPS) is 15.6. The Hall–Kier alpha value is -4.40. The summed E-state index contributed by atoms with van der Waals surface area (Å²) in [7, 11) is 0. The number of anilines is 1. The first-order valence-corrected chi connectivity index (χ1v) is 11.0. The summed E-state index contributed by atoms with van der Waals surface area (Å²) in [4.78, 5) is 17.1. The Kier molecular flexibility index (Phi) is 8.26. The molecule has 0 saturated carbocycles. The van der Waals surface area contributed by atoms with E-state index >= 15 is 0 Å². The number of carbonyl (C=O) groups is 1. The highest BCUT2D eigenvalue weighted by Crippen LogP contribution is 2.32. The number of aliphatic imine (C=N–C) groups is 1. The SMILES string of the molecule is C=NN1C(c2cccc(NC(=O)c3cccc(C(F)(F)F)c3)c2)=CC=N/C1=C(C)\C(C)=C\N/C=C\C. The smallest absolute Gasteiger partial charge is 0.368 e. The van der Waals surface area contributed by atoms with E-state index in [1.807, 2.05) is 39.1 Å². The first kappa shape index (κ1) is 26.2. The maximum atomic E-state index is 13.0.